The number of primary amides is 1. The molecule has 0 heterocycles. The standard InChI is InChI=1S/C5H10INO3S/c6-2-4-11(9,10)3-1-5(7)8/h1-4H2,(H2,7,8). The first-order chi connectivity index (χ1) is 4.98. The molecule has 1 amide bonds. The van der Waals surface area contributed by atoms with Gasteiger partial charge in [0.1, 0.15) is 0 Å². The van der Waals surface area contributed by atoms with E-state index in [1.807, 2.05) is 22.6 Å². The van der Waals surface area contributed by atoms with Crippen LogP contribution in [0.4, 0.5) is 0 Å². The second-order valence-electron chi connectivity index (χ2n) is 2.06. The molecule has 0 spiro atoms. The molecule has 0 rings (SSSR count). The molecule has 0 radical (unpaired) electrons. The van der Waals surface area contributed by atoms with Crippen molar-refractivity contribution in [2.24, 2.45) is 5.73 Å². The lowest BCUT2D eigenvalue weighted by atomic mass is 10.5. The molecular weight excluding hydrogens is 281 g/mol. The van der Waals surface area contributed by atoms with Gasteiger partial charge in [0.25, 0.3) is 0 Å². The zero-order chi connectivity index (χ0) is 8.91. The first-order valence-electron chi connectivity index (χ1n) is 3.02. The summed E-state index contributed by atoms with van der Waals surface area (Å²) < 4.78 is 22.4. The summed E-state index contributed by atoms with van der Waals surface area (Å²) in [6.45, 7) is 0. The fraction of sp³-hybridized carbons (Fsp3) is 0.800. The van der Waals surface area contributed by atoms with Crippen LogP contribution in [0.3, 0.4) is 0 Å². The third kappa shape index (κ3) is 6.54. The summed E-state index contributed by atoms with van der Waals surface area (Å²) in [4.78, 5) is 10.2. The Labute approximate surface area is 79.6 Å². The zero-order valence-electron chi connectivity index (χ0n) is 5.92. The largest absolute Gasteiger partial charge is 0.370 e. The molecule has 0 aliphatic carbocycles. The van der Waals surface area contributed by atoms with Gasteiger partial charge in [0.15, 0.2) is 9.84 Å². The Kier molecular flexibility index (Phi) is 4.98. The molecule has 4 nitrogen and oxygen atoms in total. The minimum absolute atomic E-state index is 0.0705. The quantitative estimate of drug-likeness (QED) is 0.558. The number of amides is 1. The molecule has 0 aromatic rings. The van der Waals surface area contributed by atoms with Crippen LogP contribution in [0.1, 0.15) is 6.42 Å². The maximum Gasteiger partial charge on any atom is 0.218 e. The lowest BCUT2D eigenvalue weighted by Crippen LogP contribution is -2.19. The van der Waals surface area contributed by atoms with Gasteiger partial charge in [0.05, 0.1) is 11.5 Å². The smallest absolute Gasteiger partial charge is 0.218 e. The summed E-state index contributed by atoms with van der Waals surface area (Å²) in [7, 11) is -3.04. The third-order valence-corrected chi connectivity index (χ3v) is 3.97. The number of carbonyl (C=O) groups excluding carboxylic acids is 1. The number of carbonyl (C=O) groups is 1. The molecule has 0 bridgehead atoms. The van der Waals surface area contributed by atoms with E-state index in [4.69, 9.17) is 5.73 Å². The van der Waals surface area contributed by atoms with Crippen LogP contribution in [0.2, 0.25) is 0 Å². The van der Waals surface area contributed by atoms with Gasteiger partial charge in [0, 0.05) is 10.8 Å². The van der Waals surface area contributed by atoms with E-state index in [-0.39, 0.29) is 17.9 Å². The molecule has 66 valence electrons. The topological polar surface area (TPSA) is 77.2 Å². The highest BCUT2D eigenvalue weighted by molar-refractivity contribution is 14.1. The maximum absolute atomic E-state index is 10.9. The van der Waals surface area contributed by atoms with Gasteiger partial charge >= 0.3 is 0 Å². The summed E-state index contributed by atoms with van der Waals surface area (Å²) in [6, 6.07) is 0. The fourth-order valence-corrected chi connectivity index (χ4v) is 3.44. The molecule has 0 aromatic heterocycles. The van der Waals surface area contributed by atoms with E-state index in [0.29, 0.717) is 4.43 Å². The van der Waals surface area contributed by atoms with E-state index >= 15 is 0 Å². The first-order valence-corrected chi connectivity index (χ1v) is 6.37. The minimum atomic E-state index is -3.04. The Hall–Kier alpha value is 0.150. The Morgan fingerprint density at radius 2 is 1.91 bits per heavy atom. The highest BCUT2D eigenvalue weighted by Gasteiger charge is 2.10. The van der Waals surface area contributed by atoms with Crippen molar-refractivity contribution in [1.82, 2.24) is 0 Å². The van der Waals surface area contributed by atoms with Crippen molar-refractivity contribution >= 4 is 38.3 Å². The lowest BCUT2D eigenvalue weighted by molar-refractivity contribution is -0.117. The molecule has 6 heteroatoms. The van der Waals surface area contributed by atoms with Crippen LogP contribution in [0.15, 0.2) is 0 Å². The molecule has 0 aromatic carbocycles. The number of nitrogens with two attached hydrogens (primary N) is 1. The van der Waals surface area contributed by atoms with Gasteiger partial charge in [0.2, 0.25) is 5.91 Å². The summed E-state index contributed by atoms with van der Waals surface area (Å²) >= 11 is 1.97. The predicted octanol–water partition coefficient (Wildman–Crippen LogP) is -0.288. The average Bonchev–Trinajstić information content (AvgIpc) is 1.84. The summed E-state index contributed by atoms with van der Waals surface area (Å²) in [5.74, 6) is -0.561. The van der Waals surface area contributed by atoms with Gasteiger partial charge in [-0.1, -0.05) is 22.6 Å². The van der Waals surface area contributed by atoms with Crippen molar-refractivity contribution in [2.45, 2.75) is 6.42 Å². The average molecular weight is 291 g/mol. The molecule has 0 aliphatic rings. The Morgan fingerprint density at radius 3 is 2.27 bits per heavy atom. The van der Waals surface area contributed by atoms with Gasteiger partial charge in [-0.05, 0) is 0 Å². The van der Waals surface area contributed by atoms with Crippen LogP contribution in [-0.2, 0) is 14.6 Å². The van der Waals surface area contributed by atoms with Gasteiger partial charge in [-0.2, -0.15) is 0 Å². The molecule has 0 fully saturated rings. The molecule has 0 saturated carbocycles. The molecular formula is C5H10INO3S. The Morgan fingerprint density at radius 1 is 1.36 bits per heavy atom. The monoisotopic (exact) mass is 291 g/mol. The summed E-state index contributed by atoms with van der Waals surface area (Å²) in [5, 5.41) is 0. The SMILES string of the molecule is NC(=O)CCS(=O)(=O)CCI. The molecule has 0 atom stereocenters. The van der Waals surface area contributed by atoms with Crippen LogP contribution in [0, 0.1) is 0 Å². The van der Waals surface area contributed by atoms with Crippen molar-refractivity contribution in [2.75, 3.05) is 15.9 Å². The van der Waals surface area contributed by atoms with Crippen LogP contribution >= 0.6 is 22.6 Å². The second-order valence-corrected chi connectivity index (χ2v) is 5.44. The molecule has 0 saturated heterocycles. The molecule has 2 N–H and O–H groups in total. The van der Waals surface area contributed by atoms with Crippen LogP contribution in [-0.4, -0.2) is 30.3 Å². The van der Waals surface area contributed by atoms with Crippen LogP contribution < -0.4 is 5.73 Å². The number of sulfone groups is 1. The van der Waals surface area contributed by atoms with E-state index in [0.717, 1.165) is 0 Å². The number of hydrogen-bond donors (Lipinski definition) is 1. The Balaban J connectivity index is 3.84. The van der Waals surface area contributed by atoms with E-state index in [2.05, 4.69) is 0 Å². The second kappa shape index (κ2) is 4.91. The van der Waals surface area contributed by atoms with E-state index in [1.165, 1.54) is 0 Å². The van der Waals surface area contributed by atoms with Crippen molar-refractivity contribution in [3.63, 3.8) is 0 Å². The fourth-order valence-electron chi connectivity index (χ4n) is 0.476. The summed E-state index contributed by atoms with van der Waals surface area (Å²) in [5.41, 5.74) is 4.79. The van der Waals surface area contributed by atoms with E-state index in [9.17, 15) is 13.2 Å². The molecule has 0 aliphatic heterocycles. The number of halogens is 1. The van der Waals surface area contributed by atoms with Crippen molar-refractivity contribution < 1.29 is 13.2 Å². The van der Waals surface area contributed by atoms with E-state index in [1.54, 1.807) is 0 Å². The number of hydrogen-bond acceptors (Lipinski definition) is 3. The summed E-state index contributed by atoms with van der Waals surface area (Å²) in [6.07, 6.45) is -0.0705. The number of alkyl halides is 1. The Bertz CT molecular complexity index is 224. The first kappa shape index (κ1) is 11.2. The maximum atomic E-state index is 10.9. The number of rotatable bonds is 5. The van der Waals surface area contributed by atoms with Crippen LogP contribution in [0.5, 0.6) is 0 Å². The highest BCUT2D eigenvalue weighted by Crippen LogP contribution is 1.95. The van der Waals surface area contributed by atoms with Crippen molar-refractivity contribution in [1.29, 1.82) is 0 Å². The highest BCUT2D eigenvalue weighted by atomic mass is 127. The van der Waals surface area contributed by atoms with Crippen molar-refractivity contribution in [3.05, 3.63) is 0 Å². The third-order valence-electron chi connectivity index (χ3n) is 1.05. The lowest BCUT2D eigenvalue weighted by Gasteiger charge is -1.98. The normalized spacial score (nSPS) is 11.4. The van der Waals surface area contributed by atoms with Gasteiger partial charge in [-0.25, -0.2) is 8.42 Å². The van der Waals surface area contributed by atoms with Gasteiger partial charge in [-0.3, -0.25) is 4.79 Å². The zero-order valence-corrected chi connectivity index (χ0v) is 8.89. The minimum Gasteiger partial charge on any atom is -0.370 e. The molecule has 11 heavy (non-hydrogen) atoms. The predicted molar refractivity (Wildman–Crippen MR) is 51.4 cm³/mol. The molecule has 0 unspecified atom stereocenters. The van der Waals surface area contributed by atoms with E-state index < -0.39 is 15.7 Å². The van der Waals surface area contributed by atoms with Crippen molar-refractivity contribution in [3.8, 4) is 0 Å². The van der Waals surface area contributed by atoms with Crippen LogP contribution in [0.25, 0.3) is 0 Å². The van der Waals surface area contributed by atoms with Gasteiger partial charge in [-0.15, -0.1) is 0 Å². The van der Waals surface area contributed by atoms with Gasteiger partial charge < -0.3 is 5.73 Å².